The fourth-order valence-corrected chi connectivity index (χ4v) is 3.32. The molecule has 2 saturated carbocycles. The first-order valence-electron chi connectivity index (χ1n) is 6.50. The highest BCUT2D eigenvalue weighted by Gasteiger charge is 2.58. The van der Waals surface area contributed by atoms with Gasteiger partial charge in [-0.1, -0.05) is 23.8 Å². The van der Waals surface area contributed by atoms with E-state index in [0.717, 1.165) is 11.1 Å². The van der Waals surface area contributed by atoms with Crippen LogP contribution in [0.2, 0.25) is 0 Å². The van der Waals surface area contributed by atoms with Crippen LogP contribution in [0.4, 0.5) is 0 Å². The zero-order valence-corrected chi connectivity index (χ0v) is 11.4. The van der Waals surface area contributed by atoms with Crippen molar-refractivity contribution >= 4 is 5.78 Å². The van der Waals surface area contributed by atoms with Crippen LogP contribution in [-0.4, -0.2) is 27.2 Å². The van der Waals surface area contributed by atoms with Crippen LogP contribution in [0.15, 0.2) is 23.8 Å². The predicted molar refractivity (Wildman–Crippen MR) is 70.0 cm³/mol. The molecule has 2 rings (SSSR count). The fourth-order valence-electron chi connectivity index (χ4n) is 3.32. The third-order valence-corrected chi connectivity index (χ3v) is 4.47. The maximum atomic E-state index is 12.5. The molecule has 2 N–H and O–H groups in total. The molecule has 2 aliphatic carbocycles. The van der Waals surface area contributed by atoms with E-state index in [1.54, 1.807) is 13.0 Å². The summed E-state index contributed by atoms with van der Waals surface area (Å²) in [4.78, 5) is 12.5. The number of hydrogen-bond donors (Lipinski definition) is 2. The van der Waals surface area contributed by atoms with Gasteiger partial charge in [-0.3, -0.25) is 4.79 Å². The first-order valence-corrected chi connectivity index (χ1v) is 6.50. The van der Waals surface area contributed by atoms with Crippen molar-refractivity contribution in [1.82, 2.24) is 0 Å². The monoisotopic (exact) mass is 250 g/mol. The van der Waals surface area contributed by atoms with Gasteiger partial charge in [0.15, 0.2) is 5.78 Å². The molecule has 0 spiro atoms. The van der Waals surface area contributed by atoms with Crippen LogP contribution in [-0.2, 0) is 4.79 Å². The van der Waals surface area contributed by atoms with Crippen molar-refractivity contribution in [2.45, 2.75) is 51.2 Å². The third-order valence-electron chi connectivity index (χ3n) is 4.47. The van der Waals surface area contributed by atoms with Crippen LogP contribution >= 0.6 is 0 Å². The lowest BCUT2D eigenvalue weighted by Crippen LogP contribution is -2.62. The summed E-state index contributed by atoms with van der Waals surface area (Å²) in [6.07, 6.45) is 3.45. The van der Waals surface area contributed by atoms with E-state index >= 15 is 0 Å². The Morgan fingerprint density at radius 3 is 2.61 bits per heavy atom. The molecule has 2 aliphatic rings. The predicted octanol–water partition coefficient (Wildman–Crippen LogP) is 1.99. The van der Waals surface area contributed by atoms with Crippen molar-refractivity contribution < 1.29 is 15.0 Å². The molecule has 0 amide bonds. The van der Waals surface area contributed by atoms with Crippen molar-refractivity contribution in [2.75, 3.05) is 0 Å². The van der Waals surface area contributed by atoms with Gasteiger partial charge in [0.25, 0.3) is 0 Å². The maximum Gasteiger partial charge on any atom is 0.174 e. The minimum atomic E-state index is -1.40. The molecule has 100 valence electrons. The molecule has 3 heteroatoms. The van der Waals surface area contributed by atoms with Crippen molar-refractivity contribution in [3.63, 3.8) is 0 Å². The highest BCUT2D eigenvalue weighted by molar-refractivity contribution is 5.93. The SMILES string of the molecule is C=C1CC[C@@]2(O)C[C@@H]1[C@@](C)(O)C(=O)[C@H]2C=C(C)C. The standard InChI is InChI=1S/C15H22O3/c1-9(2)7-11-13(16)14(4,17)12-8-15(11,18)6-5-10(12)3/h7,11-12,17-18H,3,5-6,8H2,1-2,4H3/t11-,12+,14-,15-/m1/s1. The van der Waals surface area contributed by atoms with Gasteiger partial charge >= 0.3 is 0 Å². The van der Waals surface area contributed by atoms with E-state index in [9.17, 15) is 15.0 Å². The molecule has 4 atom stereocenters. The van der Waals surface area contributed by atoms with Crippen LogP contribution in [0.1, 0.15) is 40.0 Å². The minimum Gasteiger partial charge on any atom is -0.389 e. The molecule has 0 aromatic rings. The van der Waals surface area contributed by atoms with Gasteiger partial charge in [-0.15, -0.1) is 0 Å². The van der Waals surface area contributed by atoms with Crippen molar-refractivity contribution in [3.8, 4) is 0 Å². The van der Waals surface area contributed by atoms with Gasteiger partial charge in [-0.2, -0.15) is 0 Å². The van der Waals surface area contributed by atoms with Gasteiger partial charge in [0.05, 0.1) is 11.5 Å². The van der Waals surface area contributed by atoms with E-state index in [-0.39, 0.29) is 11.7 Å². The van der Waals surface area contributed by atoms with E-state index in [1.165, 1.54) is 0 Å². The zero-order valence-electron chi connectivity index (χ0n) is 11.4. The van der Waals surface area contributed by atoms with Gasteiger partial charge in [-0.05, 0) is 40.0 Å². The van der Waals surface area contributed by atoms with Crippen LogP contribution in [0, 0.1) is 11.8 Å². The molecule has 18 heavy (non-hydrogen) atoms. The Hall–Kier alpha value is -0.930. The Bertz CT molecular complexity index is 429. The number of allylic oxidation sites excluding steroid dienone is 1. The maximum absolute atomic E-state index is 12.5. The van der Waals surface area contributed by atoms with E-state index < -0.39 is 17.1 Å². The van der Waals surface area contributed by atoms with Crippen LogP contribution in [0.3, 0.4) is 0 Å². The fraction of sp³-hybridized carbons (Fsp3) is 0.667. The highest BCUT2D eigenvalue weighted by Crippen LogP contribution is 2.51. The zero-order chi connectivity index (χ0) is 13.7. The largest absolute Gasteiger partial charge is 0.389 e. The topological polar surface area (TPSA) is 57.5 Å². The highest BCUT2D eigenvalue weighted by atomic mass is 16.3. The number of rotatable bonds is 1. The van der Waals surface area contributed by atoms with Crippen molar-refractivity contribution in [2.24, 2.45) is 11.8 Å². The summed E-state index contributed by atoms with van der Waals surface area (Å²) in [6.45, 7) is 9.30. The molecule has 0 saturated heterocycles. The van der Waals surface area contributed by atoms with E-state index in [1.807, 2.05) is 13.8 Å². The third kappa shape index (κ3) is 1.86. The molecule has 0 aliphatic heterocycles. The second kappa shape index (κ2) is 4.04. The smallest absolute Gasteiger partial charge is 0.174 e. The van der Waals surface area contributed by atoms with Gasteiger partial charge in [0.1, 0.15) is 5.60 Å². The summed E-state index contributed by atoms with van der Waals surface area (Å²) < 4.78 is 0. The second-order valence-electron chi connectivity index (χ2n) is 6.25. The first kappa shape index (κ1) is 13.5. The van der Waals surface area contributed by atoms with Gasteiger partial charge in [0, 0.05) is 5.92 Å². The number of Topliss-reactive ketones (excluding diaryl/α,β-unsaturated/α-hetero) is 1. The molecular weight excluding hydrogens is 228 g/mol. The summed E-state index contributed by atoms with van der Waals surface area (Å²) in [6, 6.07) is 0. The summed E-state index contributed by atoms with van der Waals surface area (Å²) in [5.41, 5.74) is -0.544. The average molecular weight is 250 g/mol. The molecular formula is C15H22O3. The molecule has 2 fully saturated rings. The molecule has 2 bridgehead atoms. The average Bonchev–Trinajstić information content (AvgIpc) is 2.26. The van der Waals surface area contributed by atoms with Crippen LogP contribution in [0.5, 0.6) is 0 Å². The Morgan fingerprint density at radius 2 is 2.06 bits per heavy atom. The summed E-state index contributed by atoms with van der Waals surface area (Å²) in [7, 11) is 0. The Balaban J connectivity index is 2.48. The summed E-state index contributed by atoms with van der Waals surface area (Å²) in [5.74, 6) is -1.18. The van der Waals surface area contributed by atoms with Crippen molar-refractivity contribution in [3.05, 3.63) is 23.8 Å². The number of ketones is 1. The van der Waals surface area contributed by atoms with Gasteiger partial charge < -0.3 is 10.2 Å². The second-order valence-corrected chi connectivity index (χ2v) is 6.25. The summed E-state index contributed by atoms with van der Waals surface area (Å²) in [5, 5.41) is 21.2. The molecule has 0 heterocycles. The number of fused-ring (bicyclic) bond motifs is 2. The van der Waals surface area contributed by atoms with Crippen molar-refractivity contribution in [1.29, 1.82) is 0 Å². The number of carbonyl (C=O) groups is 1. The Kier molecular flexibility index (Phi) is 3.03. The number of aliphatic hydroxyl groups is 2. The lowest BCUT2D eigenvalue weighted by atomic mass is 9.56. The quantitative estimate of drug-likeness (QED) is 0.700. The Morgan fingerprint density at radius 1 is 1.44 bits per heavy atom. The first-order chi connectivity index (χ1) is 8.18. The van der Waals surface area contributed by atoms with E-state index in [2.05, 4.69) is 6.58 Å². The molecule has 0 aromatic carbocycles. The Labute approximate surface area is 108 Å². The van der Waals surface area contributed by atoms with Gasteiger partial charge in [-0.25, -0.2) is 0 Å². The number of carbonyl (C=O) groups excluding carboxylic acids is 1. The normalized spacial score (nSPS) is 43.8. The van der Waals surface area contributed by atoms with E-state index in [0.29, 0.717) is 19.3 Å². The lowest BCUT2D eigenvalue weighted by molar-refractivity contribution is -0.171. The minimum absolute atomic E-state index is 0.275. The molecule has 0 aromatic heterocycles. The van der Waals surface area contributed by atoms with Crippen LogP contribution in [0.25, 0.3) is 0 Å². The molecule has 0 radical (unpaired) electrons. The number of hydrogen-bond acceptors (Lipinski definition) is 3. The van der Waals surface area contributed by atoms with E-state index in [4.69, 9.17) is 0 Å². The lowest BCUT2D eigenvalue weighted by Gasteiger charge is -2.52. The van der Waals surface area contributed by atoms with Crippen LogP contribution < -0.4 is 0 Å². The molecule has 3 nitrogen and oxygen atoms in total. The molecule has 0 unspecified atom stereocenters. The van der Waals surface area contributed by atoms with Gasteiger partial charge in [0.2, 0.25) is 0 Å². The summed E-state index contributed by atoms with van der Waals surface area (Å²) >= 11 is 0.